The van der Waals surface area contributed by atoms with Gasteiger partial charge in [-0.2, -0.15) is 5.10 Å². The third kappa shape index (κ3) is 3.36. The van der Waals surface area contributed by atoms with Crippen LogP contribution in [-0.2, 0) is 7.05 Å². The number of methoxy groups -OCH3 is 1. The normalized spacial score (nSPS) is 12.1. The number of benzene rings is 1. The lowest BCUT2D eigenvalue weighted by Gasteiger charge is -2.15. The molecule has 0 fully saturated rings. The molecular formula is C20H19FN6O. The highest BCUT2D eigenvalue weighted by atomic mass is 19.1. The molecule has 0 amide bonds. The van der Waals surface area contributed by atoms with E-state index in [1.165, 1.54) is 18.6 Å². The van der Waals surface area contributed by atoms with Crippen molar-refractivity contribution in [3.05, 3.63) is 60.6 Å². The number of halogens is 1. The smallest absolute Gasteiger partial charge is 0.145 e. The number of aryl methyl sites for hydroxylation is 1. The van der Waals surface area contributed by atoms with E-state index in [4.69, 9.17) is 4.74 Å². The van der Waals surface area contributed by atoms with E-state index in [1.807, 2.05) is 38.4 Å². The number of nitrogens with one attached hydrogen (secondary N) is 1. The number of ether oxygens (including phenoxy) is 1. The Morgan fingerprint density at radius 3 is 2.68 bits per heavy atom. The molecule has 0 saturated heterocycles. The van der Waals surface area contributed by atoms with Crippen LogP contribution in [-0.4, -0.2) is 31.8 Å². The number of fused-ring (bicyclic) bond motifs is 1. The van der Waals surface area contributed by atoms with Gasteiger partial charge in [-0.15, -0.1) is 0 Å². The first-order chi connectivity index (χ1) is 13.5. The fourth-order valence-electron chi connectivity index (χ4n) is 3.04. The maximum Gasteiger partial charge on any atom is 0.145 e. The summed E-state index contributed by atoms with van der Waals surface area (Å²) in [4.78, 5) is 12.9. The minimum absolute atomic E-state index is 0.0575. The van der Waals surface area contributed by atoms with Gasteiger partial charge in [0.05, 0.1) is 30.7 Å². The summed E-state index contributed by atoms with van der Waals surface area (Å²) in [6.45, 7) is 2.01. The zero-order chi connectivity index (χ0) is 19.7. The van der Waals surface area contributed by atoms with Crippen LogP contribution < -0.4 is 10.1 Å². The van der Waals surface area contributed by atoms with Crippen LogP contribution in [0.5, 0.6) is 5.75 Å². The summed E-state index contributed by atoms with van der Waals surface area (Å²) in [5.41, 5.74) is 3.00. The molecule has 1 unspecified atom stereocenters. The van der Waals surface area contributed by atoms with Crippen LogP contribution in [0.2, 0.25) is 0 Å². The third-order valence-electron chi connectivity index (χ3n) is 4.48. The topological polar surface area (TPSA) is 77.8 Å². The molecule has 3 aromatic heterocycles. The highest BCUT2D eigenvalue weighted by Crippen LogP contribution is 2.34. The van der Waals surface area contributed by atoms with E-state index in [1.54, 1.807) is 17.9 Å². The van der Waals surface area contributed by atoms with Gasteiger partial charge in [0, 0.05) is 24.2 Å². The fourth-order valence-corrected chi connectivity index (χ4v) is 3.04. The van der Waals surface area contributed by atoms with Crippen LogP contribution in [0.4, 0.5) is 10.2 Å². The zero-order valence-corrected chi connectivity index (χ0v) is 15.7. The van der Waals surface area contributed by atoms with Gasteiger partial charge in [0.25, 0.3) is 0 Å². The molecule has 0 spiro atoms. The highest BCUT2D eigenvalue weighted by molar-refractivity contribution is 5.96. The molecule has 4 aromatic rings. The van der Waals surface area contributed by atoms with E-state index in [0.29, 0.717) is 22.8 Å². The molecule has 1 N–H and O–H groups in total. The lowest BCUT2D eigenvalue weighted by Crippen LogP contribution is -2.10. The molecule has 142 valence electrons. The molecule has 4 rings (SSSR count). The maximum atomic E-state index is 13.2. The van der Waals surface area contributed by atoms with Gasteiger partial charge in [-0.3, -0.25) is 9.67 Å². The zero-order valence-electron chi connectivity index (χ0n) is 15.7. The van der Waals surface area contributed by atoms with E-state index in [9.17, 15) is 4.39 Å². The van der Waals surface area contributed by atoms with Crippen LogP contribution in [0.3, 0.4) is 0 Å². The van der Waals surface area contributed by atoms with Crippen molar-refractivity contribution in [1.29, 1.82) is 0 Å². The monoisotopic (exact) mass is 378 g/mol. The summed E-state index contributed by atoms with van der Waals surface area (Å²) in [6, 6.07) is 8.66. The van der Waals surface area contributed by atoms with Crippen LogP contribution in [0.25, 0.3) is 22.2 Å². The van der Waals surface area contributed by atoms with Gasteiger partial charge in [-0.1, -0.05) is 0 Å². The van der Waals surface area contributed by atoms with Crippen molar-refractivity contribution in [2.45, 2.75) is 13.0 Å². The summed E-state index contributed by atoms with van der Waals surface area (Å²) in [6.07, 6.45) is 4.58. The van der Waals surface area contributed by atoms with Crippen molar-refractivity contribution < 1.29 is 9.13 Å². The molecule has 1 aromatic carbocycles. The van der Waals surface area contributed by atoms with E-state index in [-0.39, 0.29) is 11.9 Å². The van der Waals surface area contributed by atoms with Crippen LogP contribution in [0.1, 0.15) is 18.7 Å². The second-order valence-electron chi connectivity index (χ2n) is 6.44. The van der Waals surface area contributed by atoms with Crippen molar-refractivity contribution in [2.75, 3.05) is 12.4 Å². The Hall–Kier alpha value is -3.55. The lowest BCUT2D eigenvalue weighted by atomic mass is 10.1. The predicted octanol–water partition coefficient (Wildman–Crippen LogP) is 3.75. The highest BCUT2D eigenvalue weighted by Gasteiger charge is 2.15. The summed E-state index contributed by atoms with van der Waals surface area (Å²) >= 11 is 0. The molecule has 0 bridgehead atoms. The quantitative estimate of drug-likeness (QED) is 0.570. The lowest BCUT2D eigenvalue weighted by molar-refractivity contribution is 0.419. The fraction of sp³-hybridized carbons (Fsp3) is 0.200. The van der Waals surface area contributed by atoms with E-state index in [2.05, 4.69) is 25.4 Å². The van der Waals surface area contributed by atoms with Crippen LogP contribution >= 0.6 is 0 Å². The molecule has 28 heavy (non-hydrogen) atoms. The van der Waals surface area contributed by atoms with Crippen molar-refractivity contribution in [2.24, 2.45) is 7.05 Å². The first-order valence-electron chi connectivity index (χ1n) is 8.76. The summed E-state index contributed by atoms with van der Waals surface area (Å²) < 4.78 is 20.5. The molecule has 3 heterocycles. The number of rotatable bonds is 5. The van der Waals surface area contributed by atoms with Gasteiger partial charge in [0.15, 0.2) is 0 Å². The van der Waals surface area contributed by atoms with E-state index in [0.717, 1.165) is 16.6 Å². The number of pyridine rings is 1. The summed E-state index contributed by atoms with van der Waals surface area (Å²) in [5, 5.41) is 8.61. The Kier molecular flexibility index (Phi) is 4.60. The maximum absolute atomic E-state index is 13.2. The number of hydrogen-bond acceptors (Lipinski definition) is 6. The van der Waals surface area contributed by atoms with Gasteiger partial charge in [0.1, 0.15) is 29.2 Å². The Morgan fingerprint density at radius 1 is 1.14 bits per heavy atom. The number of nitrogens with zero attached hydrogens (tertiary/aromatic N) is 5. The van der Waals surface area contributed by atoms with Gasteiger partial charge in [-0.25, -0.2) is 14.4 Å². The van der Waals surface area contributed by atoms with Crippen molar-refractivity contribution in [1.82, 2.24) is 24.7 Å². The largest absolute Gasteiger partial charge is 0.494 e. The van der Waals surface area contributed by atoms with Crippen LogP contribution in [0.15, 0.2) is 49.1 Å². The predicted molar refractivity (Wildman–Crippen MR) is 105 cm³/mol. The molecular weight excluding hydrogens is 359 g/mol. The van der Waals surface area contributed by atoms with Gasteiger partial charge in [0.2, 0.25) is 0 Å². The Morgan fingerprint density at radius 2 is 2.00 bits per heavy atom. The third-order valence-corrected chi connectivity index (χ3v) is 4.48. The minimum atomic E-state index is -0.383. The summed E-state index contributed by atoms with van der Waals surface area (Å²) in [5.74, 6) is 0.867. The first kappa shape index (κ1) is 17.8. The number of anilines is 1. The SMILES string of the molecule is COc1cc(-c2ccc(F)cn2)cc2c(NC(C)c3ccn(C)n3)ncnc12. The molecule has 0 aliphatic heterocycles. The molecule has 0 saturated carbocycles. The molecule has 0 radical (unpaired) electrons. The number of aromatic nitrogens is 5. The Labute approximate surface area is 161 Å². The second kappa shape index (κ2) is 7.22. The standard InChI is InChI=1S/C20H19FN6O/c1-12(16-6-7-27(2)26-16)25-20-15-8-13(17-5-4-14(21)10-22-17)9-18(28-3)19(15)23-11-24-20/h4-12H,1-3H3,(H,23,24,25). The minimum Gasteiger partial charge on any atom is -0.494 e. The average molecular weight is 378 g/mol. The van der Waals surface area contributed by atoms with E-state index >= 15 is 0 Å². The van der Waals surface area contributed by atoms with E-state index < -0.39 is 0 Å². The van der Waals surface area contributed by atoms with Crippen molar-refractivity contribution in [3.63, 3.8) is 0 Å². The van der Waals surface area contributed by atoms with Gasteiger partial charge in [-0.05, 0) is 37.3 Å². The Bertz CT molecular complexity index is 1130. The summed E-state index contributed by atoms with van der Waals surface area (Å²) in [7, 11) is 3.46. The van der Waals surface area contributed by atoms with Gasteiger partial charge >= 0.3 is 0 Å². The second-order valence-corrected chi connectivity index (χ2v) is 6.44. The first-order valence-corrected chi connectivity index (χ1v) is 8.76. The molecule has 0 aliphatic carbocycles. The number of hydrogen-bond donors (Lipinski definition) is 1. The average Bonchev–Trinajstić information content (AvgIpc) is 3.14. The van der Waals surface area contributed by atoms with Crippen LogP contribution in [0, 0.1) is 5.82 Å². The molecule has 1 atom stereocenters. The molecule has 8 heteroatoms. The van der Waals surface area contributed by atoms with Crippen molar-refractivity contribution >= 4 is 16.7 Å². The van der Waals surface area contributed by atoms with Gasteiger partial charge < -0.3 is 10.1 Å². The molecule has 7 nitrogen and oxygen atoms in total. The Balaban J connectivity index is 1.80. The van der Waals surface area contributed by atoms with Crippen molar-refractivity contribution in [3.8, 4) is 17.0 Å². The molecule has 0 aliphatic rings.